The second-order valence-electron chi connectivity index (χ2n) is 4.37. The molecular formula is C16H12ClN3O. The Morgan fingerprint density at radius 1 is 1.00 bits per heavy atom. The van der Waals surface area contributed by atoms with E-state index >= 15 is 0 Å². The molecule has 2 aromatic heterocycles. The van der Waals surface area contributed by atoms with Crippen LogP contribution in [0.5, 0.6) is 5.75 Å². The fourth-order valence-corrected chi connectivity index (χ4v) is 2.13. The standard InChI is InChI=1S/C16H12ClN3O/c1-21-13-6-4-11(5-7-13)16-19-14(9-15(17)20-16)12-3-2-8-18-10-12/h2-10H,1H3. The van der Waals surface area contributed by atoms with Crippen LogP contribution in [0.25, 0.3) is 22.6 Å². The molecule has 3 rings (SSSR count). The predicted molar refractivity (Wildman–Crippen MR) is 82.3 cm³/mol. The van der Waals surface area contributed by atoms with Gasteiger partial charge >= 0.3 is 0 Å². The average Bonchev–Trinajstić information content (AvgIpc) is 2.55. The van der Waals surface area contributed by atoms with Crippen LogP contribution in [0.2, 0.25) is 5.15 Å². The van der Waals surface area contributed by atoms with Crippen LogP contribution in [-0.4, -0.2) is 22.1 Å². The lowest BCUT2D eigenvalue weighted by Crippen LogP contribution is -1.93. The number of aromatic nitrogens is 3. The third kappa shape index (κ3) is 3.01. The van der Waals surface area contributed by atoms with E-state index in [9.17, 15) is 0 Å². The summed E-state index contributed by atoms with van der Waals surface area (Å²) >= 11 is 6.11. The Morgan fingerprint density at radius 2 is 1.81 bits per heavy atom. The first-order valence-corrected chi connectivity index (χ1v) is 6.73. The topological polar surface area (TPSA) is 47.9 Å². The maximum absolute atomic E-state index is 6.11. The summed E-state index contributed by atoms with van der Waals surface area (Å²) in [5, 5.41) is 0.398. The number of halogens is 1. The van der Waals surface area contributed by atoms with Gasteiger partial charge < -0.3 is 4.74 Å². The molecule has 0 amide bonds. The van der Waals surface area contributed by atoms with Crippen molar-refractivity contribution in [1.82, 2.24) is 15.0 Å². The number of hydrogen-bond donors (Lipinski definition) is 0. The zero-order chi connectivity index (χ0) is 14.7. The Bertz CT molecular complexity index is 745. The van der Waals surface area contributed by atoms with Crippen LogP contribution in [0.15, 0.2) is 54.9 Å². The number of hydrogen-bond acceptors (Lipinski definition) is 4. The lowest BCUT2D eigenvalue weighted by Gasteiger charge is -2.06. The molecule has 1 aromatic carbocycles. The first kappa shape index (κ1) is 13.5. The van der Waals surface area contributed by atoms with Gasteiger partial charge in [-0.05, 0) is 36.4 Å². The van der Waals surface area contributed by atoms with Crippen LogP contribution in [0.1, 0.15) is 0 Å². The van der Waals surface area contributed by atoms with Gasteiger partial charge in [-0.3, -0.25) is 4.98 Å². The minimum absolute atomic E-state index is 0.398. The summed E-state index contributed by atoms with van der Waals surface area (Å²) in [5.74, 6) is 1.36. The monoisotopic (exact) mass is 297 g/mol. The van der Waals surface area contributed by atoms with Gasteiger partial charge in [-0.15, -0.1) is 0 Å². The molecule has 0 N–H and O–H groups in total. The molecule has 0 fully saturated rings. The van der Waals surface area contributed by atoms with Crippen molar-refractivity contribution in [2.75, 3.05) is 7.11 Å². The molecule has 0 saturated carbocycles. The van der Waals surface area contributed by atoms with Gasteiger partial charge in [0.05, 0.1) is 12.8 Å². The van der Waals surface area contributed by atoms with E-state index < -0.39 is 0 Å². The third-order valence-corrected chi connectivity index (χ3v) is 3.19. The summed E-state index contributed by atoms with van der Waals surface area (Å²) in [5.41, 5.74) is 2.52. The lowest BCUT2D eigenvalue weighted by molar-refractivity contribution is 0.415. The van der Waals surface area contributed by atoms with Crippen molar-refractivity contribution in [3.05, 3.63) is 60.0 Å². The molecule has 4 nitrogen and oxygen atoms in total. The highest BCUT2D eigenvalue weighted by Gasteiger charge is 2.08. The molecule has 0 bridgehead atoms. The Balaban J connectivity index is 2.05. The molecule has 0 aliphatic heterocycles. The molecule has 0 unspecified atom stereocenters. The minimum Gasteiger partial charge on any atom is -0.497 e. The van der Waals surface area contributed by atoms with Crippen LogP contribution in [0.3, 0.4) is 0 Å². The molecule has 0 radical (unpaired) electrons. The molecule has 3 aromatic rings. The molecular weight excluding hydrogens is 286 g/mol. The molecule has 0 saturated heterocycles. The normalized spacial score (nSPS) is 10.4. The van der Waals surface area contributed by atoms with E-state index in [0.717, 1.165) is 22.6 Å². The Kier molecular flexibility index (Phi) is 3.79. The summed E-state index contributed by atoms with van der Waals surface area (Å²) in [7, 11) is 1.63. The van der Waals surface area contributed by atoms with Crippen molar-refractivity contribution in [2.24, 2.45) is 0 Å². The molecule has 0 aliphatic rings. The van der Waals surface area contributed by atoms with Crippen molar-refractivity contribution in [3.63, 3.8) is 0 Å². The van der Waals surface area contributed by atoms with Crippen molar-refractivity contribution in [2.45, 2.75) is 0 Å². The van der Waals surface area contributed by atoms with Crippen LogP contribution >= 0.6 is 11.6 Å². The summed E-state index contributed by atoms with van der Waals surface area (Å²) in [4.78, 5) is 12.9. The summed E-state index contributed by atoms with van der Waals surface area (Å²) < 4.78 is 5.15. The predicted octanol–water partition coefficient (Wildman–Crippen LogP) is 3.87. The van der Waals surface area contributed by atoms with E-state index in [1.165, 1.54) is 0 Å². The van der Waals surface area contributed by atoms with Gasteiger partial charge in [0.25, 0.3) is 0 Å². The summed E-state index contributed by atoms with van der Waals surface area (Å²) in [6, 6.07) is 13.1. The lowest BCUT2D eigenvalue weighted by atomic mass is 10.1. The number of benzene rings is 1. The van der Waals surface area contributed by atoms with Gasteiger partial charge in [0, 0.05) is 29.6 Å². The number of nitrogens with zero attached hydrogens (tertiary/aromatic N) is 3. The van der Waals surface area contributed by atoms with E-state index in [1.807, 2.05) is 36.4 Å². The maximum Gasteiger partial charge on any atom is 0.161 e. The quantitative estimate of drug-likeness (QED) is 0.689. The molecule has 0 atom stereocenters. The smallest absolute Gasteiger partial charge is 0.161 e. The average molecular weight is 298 g/mol. The zero-order valence-corrected chi connectivity index (χ0v) is 12.1. The molecule has 2 heterocycles. The summed E-state index contributed by atoms with van der Waals surface area (Å²) in [6.07, 6.45) is 3.47. The van der Waals surface area contributed by atoms with Crippen molar-refractivity contribution >= 4 is 11.6 Å². The Hall–Kier alpha value is -2.46. The SMILES string of the molecule is COc1ccc(-c2nc(Cl)cc(-c3cccnc3)n2)cc1. The van der Waals surface area contributed by atoms with Gasteiger partial charge in [-0.1, -0.05) is 11.6 Å². The third-order valence-electron chi connectivity index (χ3n) is 3.00. The van der Waals surface area contributed by atoms with Crippen LogP contribution in [0.4, 0.5) is 0 Å². The van der Waals surface area contributed by atoms with Gasteiger partial charge in [0.1, 0.15) is 10.9 Å². The second-order valence-corrected chi connectivity index (χ2v) is 4.76. The molecule has 21 heavy (non-hydrogen) atoms. The highest BCUT2D eigenvalue weighted by molar-refractivity contribution is 6.29. The van der Waals surface area contributed by atoms with Crippen molar-refractivity contribution < 1.29 is 4.74 Å². The maximum atomic E-state index is 6.11. The fourth-order valence-electron chi connectivity index (χ4n) is 1.95. The van der Waals surface area contributed by atoms with E-state index in [-0.39, 0.29) is 0 Å². The first-order chi connectivity index (χ1) is 10.3. The first-order valence-electron chi connectivity index (χ1n) is 6.35. The number of pyridine rings is 1. The van der Waals surface area contributed by atoms with E-state index in [1.54, 1.807) is 25.6 Å². The number of ether oxygens (including phenoxy) is 1. The fraction of sp³-hybridized carbons (Fsp3) is 0.0625. The van der Waals surface area contributed by atoms with Crippen LogP contribution < -0.4 is 4.74 Å². The van der Waals surface area contributed by atoms with E-state index in [2.05, 4.69) is 15.0 Å². The summed E-state index contributed by atoms with van der Waals surface area (Å²) in [6.45, 7) is 0. The number of rotatable bonds is 3. The van der Waals surface area contributed by atoms with Gasteiger partial charge in [0.15, 0.2) is 5.82 Å². The van der Waals surface area contributed by atoms with E-state index in [0.29, 0.717) is 11.0 Å². The van der Waals surface area contributed by atoms with Gasteiger partial charge in [-0.2, -0.15) is 0 Å². The van der Waals surface area contributed by atoms with Crippen molar-refractivity contribution in [1.29, 1.82) is 0 Å². The second kappa shape index (κ2) is 5.89. The van der Waals surface area contributed by atoms with Gasteiger partial charge in [-0.25, -0.2) is 9.97 Å². The van der Waals surface area contributed by atoms with E-state index in [4.69, 9.17) is 16.3 Å². The van der Waals surface area contributed by atoms with Crippen LogP contribution in [-0.2, 0) is 0 Å². The molecule has 0 spiro atoms. The largest absolute Gasteiger partial charge is 0.497 e. The zero-order valence-electron chi connectivity index (χ0n) is 11.3. The molecule has 104 valence electrons. The highest BCUT2D eigenvalue weighted by Crippen LogP contribution is 2.25. The molecule has 5 heteroatoms. The van der Waals surface area contributed by atoms with Crippen molar-refractivity contribution in [3.8, 4) is 28.4 Å². The van der Waals surface area contributed by atoms with Crippen LogP contribution in [0, 0.1) is 0 Å². The Labute approximate surface area is 127 Å². The van der Waals surface area contributed by atoms with Gasteiger partial charge in [0.2, 0.25) is 0 Å². The highest BCUT2D eigenvalue weighted by atomic mass is 35.5. The number of methoxy groups -OCH3 is 1. The minimum atomic E-state index is 0.398. The molecule has 0 aliphatic carbocycles. The Morgan fingerprint density at radius 3 is 2.48 bits per heavy atom.